The van der Waals surface area contributed by atoms with Crippen molar-refractivity contribution in [2.24, 2.45) is 0 Å². The zero-order chi connectivity index (χ0) is 13.3. The van der Waals surface area contributed by atoms with E-state index < -0.39 is 0 Å². The average molecular weight is 255 g/mol. The Labute approximate surface area is 115 Å². The molecule has 0 saturated carbocycles. The molecule has 0 amide bonds. The molecule has 0 aliphatic rings. The summed E-state index contributed by atoms with van der Waals surface area (Å²) in [5.41, 5.74) is 2.71. The number of nitrogens with one attached hydrogen (secondary N) is 1. The molecule has 0 radical (unpaired) electrons. The Balaban J connectivity index is 1.59. The van der Waals surface area contributed by atoms with Gasteiger partial charge in [0.25, 0.3) is 0 Å². The summed E-state index contributed by atoms with van der Waals surface area (Å²) in [6.07, 6.45) is 1.01. The summed E-state index contributed by atoms with van der Waals surface area (Å²) < 4.78 is 5.64. The number of hydrogen-bond donors (Lipinski definition) is 1. The van der Waals surface area contributed by atoms with E-state index in [1.165, 1.54) is 11.1 Å². The van der Waals surface area contributed by atoms with E-state index in [9.17, 15) is 0 Å². The van der Waals surface area contributed by atoms with E-state index in [4.69, 9.17) is 4.74 Å². The van der Waals surface area contributed by atoms with Gasteiger partial charge in [0, 0.05) is 6.54 Å². The summed E-state index contributed by atoms with van der Waals surface area (Å²) in [7, 11) is 0. The molecular weight excluding hydrogens is 234 g/mol. The van der Waals surface area contributed by atoms with Gasteiger partial charge in [0.2, 0.25) is 0 Å². The number of para-hydroxylation sites is 1. The molecule has 2 rings (SSSR count). The van der Waals surface area contributed by atoms with Crippen LogP contribution >= 0.6 is 0 Å². The second-order valence-electron chi connectivity index (χ2n) is 4.62. The summed E-state index contributed by atoms with van der Waals surface area (Å²) in [5, 5.41) is 3.45. The third-order valence-electron chi connectivity index (χ3n) is 3.09. The highest BCUT2D eigenvalue weighted by Crippen LogP contribution is 2.08. The zero-order valence-corrected chi connectivity index (χ0v) is 11.4. The minimum atomic E-state index is 0.755. The Hall–Kier alpha value is -1.80. The van der Waals surface area contributed by atoms with Crippen LogP contribution in [0, 0.1) is 6.92 Å². The normalized spacial score (nSPS) is 10.4. The number of hydrogen-bond acceptors (Lipinski definition) is 2. The van der Waals surface area contributed by atoms with Crippen LogP contribution in [0.25, 0.3) is 0 Å². The molecule has 2 nitrogen and oxygen atoms in total. The monoisotopic (exact) mass is 255 g/mol. The van der Waals surface area contributed by atoms with E-state index in [-0.39, 0.29) is 0 Å². The van der Waals surface area contributed by atoms with Gasteiger partial charge in [-0.05, 0) is 43.1 Å². The molecular formula is C17H21NO. The van der Waals surface area contributed by atoms with Gasteiger partial charge in [-0.2, -0.15) is 0 Å². The third kappa shape index (κ3) is 4.76. The lowest BCUT2D eigenvalue weighted by molar-refractivity contribution is 0.308. The fourth-order valence-corrected chi connectivity index (χ4v) is 1.94. The minimum Gasteiger partial charge on any atom is -0.494 e. The molecule has 0 heterocycles. The molecule has 0 bridgehead atoms. The zero-order valence-electron chi connectivity index (χ0n) is 11.4. The summed E-state index contributed by atoms with van der Waals surface area (Å²) in [6.45, 7) is 4.81. The fraction of sp³-hybridized carbons (Fsp3) is 0.294. The van der Waals surface area contributed by atoms with Gasteiger partial charge in [0.05, 0.1) is 6.61 Å². The predicted molar refractivity (Wildman–Crippen MR) is 79.4 cm³/mol. The Kier molecular flexibility index (Phi) is 5.45. The van der Waals surface area contributed by atoms with Crippen LogP contribution in [0.2, 0.25) is 0 Å². The van der Waals surface area contributed by atoms with Gasteiger partial charge < -0.3 is 10.1 Å². The van der Waals surface area contributed by atoms with Gasteiger partial charge >= 0.3 is 0 Å². The summed E-state index contributed by atoms with van der Waals surface area (Å²) in [4.78, 5) is 0. The molecule has 0 spiro atoms. The van der Waals surface area contributed by atoms with Crippen LogP contribution in [-0.2, 0) is 6.54 Å². The van der Waals surface area contributed by atoms with Crippen molar-refractivity contribution in [2.45, 2.75) is 19.9 Å². The molecule has 0 aliphatic heterocycles. The summed E-state index contributed by atoms with van der Waals surface area (Å²) in [6, 6.07) is 18.4. The van der Waals surface area contributed by atoms with E-state index in [1.807, 2.05) is 30.3 Å². The maximum absolute atomic E-state index is 5.64. The smallest absolute Gasteiger partial charge is 0.119 e. The first-order valence-electron chi connectivity index (χ1n) is 6.79. The first-order chi connectivity index (χ1) is 9.36. The van der Waals surface area contributed by atoms with Crippen LogP contribution in [0.5, 0.6) is 5.75 Å². The number of rotatable bonds is 7. The third-order valence-corrected chi connectivity index (χ3v) is 3.09. The van der Waals surface area contributed by atoms with Gasteiger partial charge in [-0.25, -0.2) is 0 Å². The number of ether oxygens (including phenoxy) is 1. The lowest BCUT2D eigenvalue weighted by Gasteiger charge is -2.08. The molecule has 0 saturated heterocycles. The quantitative estimate of drug-likeness (QED) is 0.764. The summed E-state index contributed by atoms with van der Waals surface area (Å²) in [5.74, 6) is 0.946. The molecule has 2 aromatic carbocycles. The van der Waals surface area contributed by atoms with Crippen molar-refractivity contribution < 1.29 is 4.74 Å². The number of aryl methyl sites for hydroxylation is 1. The molecule has 0 unspecified atom stereocenters. The molecule has 2 aromatic rings. The van der Waals surface area contributed by atoms with Crippen LogP contribution in [0.3, 0.4) is 0 Å². The Morgan fingerprint density at radius 2 is 1.68 bits per heavy atom. The van der Waals surface area contributed by atoms with Crippen LogP contribution in [-0.4, -0.2) is 13.2 Å². The van der Waals surface area contributed by atoms with Gasteiger partial charge in [-0.1, -0.05) is 42.5 Å². The molecule has 0 aliphatic carbocycles. The number of benzene rings is 2. The second kappa shape index (κ2) is 7.59. The Morgan fingerprint density at radius 1 is 0.947 bits per heavy atom. The van der Waals surface area contributed by atoms with Gasteiger partial charge in [-0.3, -0.25) is 0 Å². The van der Waals surface area contributed by atoms with Gasteiger partial charge in [-0.15, -0.1) is 0 Å². The highest BCUT2D eigenvalue weighted by molar-refractivity contribution is 5.25. The van der Waals surface area contributed by atoms with Crippen LogP contribution in [0.15, 0.2) is 54.6 Å². The van der Waals surface area contributed by atoms with Gasteiger partial charge in [0.15, 0.2) is 0 Å². The molecule has 19 heavy (non-hydrogen) atoms. The fourth-order valence-electron chi connectivity index (χ4n) is 1.94. The second-order valence-corrected chi connectivity index (χ2v) is 4.62. The van der Waals surface area contributed by atoms with Gasteiger partial charge in [0.1, 0.15) is 5.75 Å². The topological polar surface area (TPSA) is 21.3 Å². The predicted octanol–water partition coefficient (Wildman–Crippen LogP) is 3.55. The molecule has 0 aromatic heterocycles. The van der Waals surface area contributed by atoms with Crippen molar-refractivity contribution in [3.05, 3.63) is 65.7 Å². The van der Waals surface area contributed by atoms with Crippen molar-refractivity contribution in [2.75, 3.05) is 13.2 Å². The van der Waals surface area contributed by atoms with Crippen molar-refractivity contribution in [1.82, 2.24) is 5.32 Å². The van der Waals surface area contributed by atoms with E-state index in [2.05, 4.69) is 36.5 Å². The lowest BCUT2D eigenvalue weighted by Crippen LogP contribution is -2.17. The van der Waals surface area contributed by atoms with E-state index in [0.29, 0.717) is 0 Å². The van der Waals surface area contributed by atoms with Crippen molar-refractivity contribution >= 4 is 0 Å². The molecule has 100 valence electrons. The maximum Gasteiger partial charge on any atom is 0.119 e. The Bertz CT molecular complexity index is 482. The van der Waals surface area contributed by atoms with Crippen molar-refractivity contribution in [3.8, 4) is 5.75 Å². The first kappa shape index (κ1) is 13.6. The first-order valence-corrected chi connectivity index (χ1v) is 6.79. The van der Waals surface area contributed by atoms with E-state index >= 15 is 0 Å². The SMILES string of the molecule is Cc1ccccc1CNCCCOc1ccccc1. The lowest BCUT2D eigenvalue weighted by atomic mass is 10.1. The molecule has 2 heteroatoms. The molecule has 0 atom stereocenters. The summed E-state index contributed by atoms with van der Waals surface area (Å²) >= 11 is 0. The van der Waals surface area contributed by atoms with E-state index in [1.54, 1.807) is 0 Å². The average Bonchev–Trinajstić information content (AvgIpc) is 2.45. The Morgan fingerprint density at radius 3 is 2.47 bits per heavy atom. The molecule has 1 N–H and O–H groups in total. The molecule has 0 fully saturated rings. The minimum absolute atomic E-state index is 0.755. The van der Waals surface area contributed by atoms with Crippen molar-refractivity contribution in [1.29, 1.82) is 0 Å². The van der Waals surface area contributed by atoms with Crippen LogP contribution < -0.4 is 10.1 Å². The highest BCUT2D eigenvalue weighted by atomic mass is 16.5. The van der Waals surface area contributed by atoms with E-state index in [0.717, 1.165) is 31.9 Å². The maximum atomic E-state index is 5.64. The standard InChI is InChI=1S/C17H21NO/c1-15-8-5-6-9-16(15)14-18-12-7-13-19-17-10-3-2-4-11-17/h2-6,8-11,18H,7,12-14H2,1H3. The van der Waals surface area contributed by atoms with Crippen molar-refractivity contribution in [3.63, 3.8) is 0 Å². The van der Waals surface area contributed by atoms with Crippen LogP contribution in [0.4, 0.5) is 0 Å². The largest absolute Gasteiger partial charge is 0.494 e. The highest BCUT2D eigenvalue weighted by Gasteiger charge is 1.96. The van der Waals surface area contributed by atoms with Crippen LogP contribution in [0.1, 0.15) is 17.5 Å².